The molecule has 1 heterocycles. The summed E-state index contributed by atoms with van der Waals surface area (Å²) in [6, 6.07) is 18.9. The van der Waals surface area contributed by atoms with Crippen LogP contribution in [0.25, 0.3) is 10.2 Å². The highest BCUT2D eigenvalue weighted by Gasteiger charge is 2.22. The van der Waals surface area contributed by atoms with E-state index in [0.29, 0.717) is 5.13 Å². The van der Waals surface area contributed by atoms with Crippen molar-refractivity contribution in [2.24, 2.45) is 5.10 Å². The molecule has 0 saturated carbocycles. The molecule has 0 radical (unpaired) electrons. The molecule has 1 aromatic heterocycles. The zero-order valence-electron chi connectivity index (χ0n) is 16.2. The molecule has 0 bridgehead atoms. The number of nitro benzene ring substituents is 1. The number of carbonyl (C=O) groups excluding carboxylic acids is 1. The summed E-state index contributed by atoms with van der Waals surface area (Å²) in [6.07, 6.45) is 1.57. The second kappa shape index (κ2) is 8.75. The number of benzene rings is 3. The number of nitrogens with zero attached hydrogens (tertiary/aromatic N) is 4. The Morgan fingerprint density at radius 2 is 1.94 bits per heavy atom. The van der Waals surface area contributed by atoms with Crippen LogP contribution in [0.1, 0.15) is 21.5 Å². The number of anilines is 1. The van der Waals surface area contributed by atoms with Crippen molar-refractivity contribution in [3.8, 4) is 0 Å². The van der Waals surface area contributed by atoms with Gasteiger partial charge in [-0.15, -0.1) is 0 Å². The molecule has 0 aliphatic heterocycles. The summed E-state index contributed by atoms with van der Waals surface area (Å²) in [5, 5.41) is 17.1. The summed E-state index contributed by atoms with van der Waals surface area (Å²) in [7, 11) is 0. The van der Waals surface area contributed by atoms with Crippen molar-refractivity contribution >= 4 is 60.4 Å². The first kappa shape index (κ1) is 20.8. The highest BCUT2D eigenvalue weighted by Crippen LogP contribution is 2.32. The van der Waals surface area contributed by atoms with Crippen molar-refractivity contribution in [1.82, 2.24) is 4.98 Å². The van der Waals surface area contributed by atoms with E-state index in [4.69, 9.17) is 0 Å². The van der Waals surface area contributed by atoms with Gasteiger partial charge in [0.2, 0.25) is 5.13 Å². The van der Waals surface area contributed by atoms with Gasteiger partial charge in [-0.3, -0.25) is 14.9 Å². The lowest BCUT2D eigenvalue weighted by molar-refractivity contribution is -0.384. The third-order valence-electron chi connectivity index (χ3n) is 4.42. The maximum absolute atomic E-state index is 13.3. The molecule has 31 heavy (non-hydrogen) atoms. The SMILES string of the molecule is Cc1ccc(/C=N/N(C(=O)c2cccc([N+](=O)[O-])c2)c2nc3ccc(Br)cc3s2)cc1. The van der Waals surface area contributed by atoms with Crippen LogP contribution >= 0.6 is 27.3 Å². The van der Waals surface area contributed by atoms with Crippen LogP contribution in [0.3, 0.4) is 0 Å². The molecule has 0 aliphatic carbocycles. The van der Waals surface area contributed by atoms with Gasteiger partial charge in [0.25, 0.3) is 11.6 Å². The molecule has 154 valence electrons. The zero-order valence-corrected chi connectivity index (χ0v) is 18.6. The molecule has 0 fully saturated rings. The smallest absolute Gasteiger partial charge is 0.267 e. The summed E-state index contributed by atoms with van der Waals surface area (Å²) in [6.45, 7) is 1.98. The zero-order chi connectivity index (χ0) is 22.0. The summed E-state index contributed by atoms with van der Waals surface area (Å²) < 4.78 is 1.78. The monoisotopic (exact) mass is 494 g/mol. The average molecular weight is 495 g/mol. The van der Waals surface area contributed by atoms with Gasteiger partial charge in [-0.25, -0.2) is 4.98 Å². The molecule has 0 saturated heterocycles. The van der Waals surface area contributed by atoms with Gasteiger partial charge in [-0.1, -0.05) is 63.2 Å². The Morgan fingerprint density at radius 1 is 1.16 bits per heavy atom. The normalized spacial score (nSPS) is 11.2. The minimum absolute atomic E-state index is 0.149. The van der Waals surface area contributed by atoms with Gasteiger partial charge in [0.15, 0.2) is 0 Å². The fraction of sp³-hybridized carbons (Fsp3) is 0.0455. The fourth-order valence-electron chi connectivity index (χ4n) is 2.82. The van der Waals surface area contributed by atoms with Crippen molar-refractivity contribution in [1.29, 1.82) is 0 Å². The van der Waals surface area contributed by atoms with E-state index >= 15 is 0 Å². The molecule has 0 N–H and O–H groups in total. The molecule has 1 amide bonds. The molecular formula is C22H15BrN4O3S. The van der Waals surface area contributed by atoms with Gasteiger partial charge in [0.05, 0.1) is 21.4 Å². The number of non-ortho nitro benzene ring substituents is 1. The van der Waals surface area contributed by atoms with E-state index in [-0.39, 0.29) is 11.3 Å². The lowest BCUT2D eigenvalue weighted by Crippen LogP contribution is -2.25. The van der Waals surface area contributed by atoms with Crippen LogP contribution in [0.5, 0.6) is 0 Å². The molecule has 4 rings (SSSR count). The van der Waals surface area contributed by atoms with Gasteiger partial charge in [0, 0.05) is 22.2 Å². The lowest BCUT2D eigenvalue weighted by atomic mass is 10.2. The van der Waals surface area contributed by atoms with Crippen LogP contribution in [0, 0.1) is 17.0 Å². The van der Waals surface area contributed by atoms with Crippen molar-refractivity contribution < 1.29 is 9.72 Å². The third kappa shape index (κ3) is 4.68. The van der Waals surface area contributed by atoms with E-state index in [1.54, 1.807) is 6.21 Å². The molecular weight excluding hydrogens is 480 g/mol. The number of fused-ring (bicyclic) bond motifs is 1. The standard InChI is InChI=1S/C22H15BrN4O3S/c1-14-5-7-15(8-6-14)13-24-26(21(28)16-3-2-4-18(11-16)27(29)30)22-25-19-10-9-17(23)12-20(19)31-22/h2-13H,1H3/b24-13+. The number of halogens is 1. The van der Waals surface area contributed by atoms with Crippen LogP contribution in [0.4, 0.5) is 10.8 Å². The average Bonchev–Trinajstić information content (AvgIpc) is 3.18. The molecule has 9 heteroatoms. The molecule has 0 spiro atoms. The van der Waals surface area contributed by atoms with Crippen LogP contribution in [-0.2, 0) is 0 Å². The number of thiazole rings is 1. The number of nitro groups is 1. The van der Waals surface area contributed by atoms with E-state index in [1.807, 2.05) is 49.4 Å². The van der Waals surface area contributed by atoms with E-state index in [9.17, 15) is 14.9 Å². The van der Waals surface area contributed by atoms with Gasteiger partial charge in [-0.2, -0.15) is 10.1 Å². The Bertz CT molecular complexity index is 1320. The van der Waals surface area contributed by atoms with Gasteiger partial charge in [0.1, 0.15) is 0 Å². The van der Waals surface area contributed by atoms with Crippen LogP contribution < -0.4 is 5.01 Å². The number of aryl methyl sites for hydroxylation is 1. The summed E-state index contributed by atoms with van der Waals surface area (Å²) >= 11 is 4.74. The summed E-state index contributed by atoms with van der Waals surface area (Å²) in [4.78, 5) is 28.4. The first-order valence-corrected chi connectivity index (χ1v) is 10.8. The number of hydrogen-bond acceptors (Lipinski definition) is 6. The Hall–Kier alpha value is -3.43. The molecule has 0 atom stereocenters. The lowest BCUT2D eigenvalue weighted by Gasteiger charge is -2.13. The Labute approximate surface area is 189 Å². The van der Waals surface area contributed by atoms with Crippen LogP contribution in [0.15, 0.2) is 76.3 Å². The number of amides is 1. The molecule has 7 nitrogen and oxygen atoms in total. The predicted octanol–water partition coefficient (Wildman–Crippen LogP) is 5.96. The second-order valence-electron chi connectivity index (χ2n) is 6.69. The highest BCUT2D eigenvalue weighted by atomic mass is 79.9. The summed E-state index contributed by atoms with van der Waals surface area (Å²) in [5.74, 6) is -0.509. The molecule has 0 unspecified atom stereocenters. The number of hydrogen-bond donors (Lipinski definition) is 0. The van der Waals surface area contributed by atoms with E-state index in [0.717, 1.165) is 25.8 Å². The van der Waals surface area contributed by atoms with Crippen molar-refractivity contribution in [2.45, 2.75) is 6.92 Å². The highest BCUT2D eigenvalue weighted by molar-refractivity contribution is 9.10. The van der Waals surface area contributed by atoms with Gasteiger partial charge in [-0.05, 0) is 36.8 Å². The molecule has 0 aliphatic rings. The largest absolute Gasteiger partial charge is 0.281 e. The Balaban J connectivity index is 1.77. The minimum Gasteiger partial charge on any atom is -0.267 e. The maximum Gasteiger partial charge on any atom is 0.281 e. The predicted molar refractivity (Wildman–Crippen MR) is 126 cm³/mol. The van der Waals surface area contributed by atoms with Gasteiger partial charge >= 0.3 is 0 Å². The first-order valence-electron chi connectivity index (χ1n) is 9.16. The van der Waals surface area contributed by atoms with Crippen molar-refractivity contribution in [3.63, 3.8) is 0 Å². The van der Waals surface area contributed by atoms with Crippen molar-refractivity contribution in [2.75, 3.05) is 5.01 Å². The maximum atomic E-state index is 13.3. The van der Waals surface area contributed by atoms with Crippen LogP contribution in [-0.4, -0.2) is 22.0 Å². The Kier molecular flexibility index (Phi) is 5.88. The number of aromatic nitrogens is 1. The second-order valence-corrected chi connectivity index (χ2v) is 8.61. The molecule has 4 aromatic rings. The first-order chi connectivity index (χ1) is 14.9. The summed E-state index contributed by atoms with van der Waals surface area (Å²) in [5.41, 5.74) is 2.63. The number of carbonyl (C=O) groups is 1. The number of rotatable bonds is 5. The topological polar surface area (TPSA) is 88.7 Å². The van der Waals surface area contributed by atoms with E-state index in [2.05, 4.69) is 26.0 Å². The molecule has 3 aromatic carbocycles. The van der Waals surface area contributed by atoms with Crippen molar-refractivity contribution in [3.05, 3.63) is 98.0 Å². The Morgan fingerprint density at radius 3 is 2.68 bits per heavy atom. The van der Waals surface area contributed by atoms with Crippen LogP contribution in [0.2, 0.25) is 0 Å². The third-order valence-corrected chi connectivity index (χ3v) is 5.90. The fourth-order valence-corrected chi connectivity index (χ4v) is 4.29. The quantitative estimate of drug-likeness (QED) is 0.194. The van der Waals surface area contributed by atoms with Gasteiger partial charge < -0.3 is 0 Å². The van der Waals surface area contributed by atoms with E-state index < -0.39 is 10.8 Å². The minimum atomic E-state index is -0.536. The van der Waals surface area contributed by atoms with E-state index in [1.165, 1.54) is 40.6 Å². The number of hydrazone groups is 1.